The largest absolute Gasteiger partial charge is 0.497 e. The maximum Gasteiger partial charge on any atom is 0.317 e. The van der Waals surface area contributed by atoms with Gasteiger partial charge in [0.05, 0.1) is 25.3 Å². The van der Waals surface area contributed by atoms with Gasteiger partial charge in [-0.3, -0.25) is 9.59 Å². The fourth-order valence-corrected chi connectivity index (χ4v) is 4.29. The van der Waals surface area contributed by atoms with Gasteiger partial charge in [0.25, 0.3) is 5.91 Å². The number of carbonyl (C=O) groups excluding carboxylic acids is 2. The molecule has 170 valence electrons. The first-order valence-corrected chi connectivity index (χ1v) is 10.6. The van der Waals surface area contributed by atoms with Crippen LogP contribution in [0.4, 0.5) is 5.69 Å². The van der Waals surface area contributed by atoms with Crippen molar-refractivity contribution in [2.75, 3.05) is 39.4 Å². The second-order valence-electron chi connectivity index (χ2n) is 7.84. The van der Waals surface area contributed by atoms with Crippen LogP contribution in [0.1, 0.15) is 31.2 Å². The Hall–Kier alpha value is -3.42. The lowest BCUT2D eigenvalue weighted by molar-refractivity contribution is -0.153. The number of hydrogen-bond donors (Lipinski definition) is 1. The molecule has 8 nitrogen and oxygen atoms in total. The molecule has 0 radical (unpaired) electrons. The predicted octanol–water partition coefficient (Wildman–Crippen LogP) is 3.47. The van der Waals surface area contributed by atoms with Crippen LogP contribution in [-0.4, -0.2) is 45.9 Å². The zero-order chi connectivity index (χ0) is 22.6. The molecular weight excluding hydrogens is 414 g/mol. The number of rotatable bonds is 7. The summed E-state index contributed by atoms with van der Waals surface area (Å²) in [6.07, 6.45) is 3.16. The molecule has 1 heterocycles. The second-order valence-corrected chi connectivity index (χ2v) is 7.84. The highest BCUT2D eigenvalue weighted by Gasteiger charge is 2.45. The SMILES string of the molecule is COc1ccc(NC(=O)COC(=O)C2(c3ccc4c(c3)OCCO4)CCCC2)c(OC)c1. The molecule has 0 saturated heterocycles. The van der Waals surface area contributed by atoms with Gasteiger partial charge in [0.15, 0.2) is 18.1 Å². The lowest BCUT2D eigenvalue weighted by Gasteiger charge is -2.28. The third-order valence-corrected chi connectivity index (χ3v) is 5.96. The molecule has 0 aromatic heterocycles. The molecule has 1 amide bonds. The first kappa shape index (κ1) is 21.8. The minimum Gasteiger partial charge on any atom is -0.497 e. The van der Waals surface area contributed by atoms with Crippen molar-refractivity contribution in [3.8, 4) is 23.0 Å². The van der Waals surface area contributed by atoms with Crippen LogP contribution in [0.15, 0.2) is 36.4 Å². The minimum atomic E-state index is -0.784. The number of carbonyl (C=O) groups is 2. The van der Waals surface area contributed by atoms with Gasteiger partial charge < -0.3 is 29.0 Å². The van der Waals surface area contributed by atoms with Gasteiger partial charge in [0, 0.05) is 6.07 Å². The molecule has 1 fully saturated rings. The van der Waals surface area contributed by atoms with Crippen molar-refractivity contribution in [3.63, 3.8) is 0 Å². The van der Waals surface area contributed by atoms with Gasteiger partial charge in [-0.25, -0.2) is 0 Å². The molecule has 2 aliphatic rings. The van der Waals surface area contributed by atoms with E-state index in [4.69, 9.17) is 23.7 Å². The number of nitrogens with one attached hydrogen (secondary N) is 1. The van der Waals surface area contributed by atoms with Crippen molar-refractivity contribution < 1.29 is 33.3 Å². The van der Waals surface area contributed by atoms with Crippen LogP contribution in [0.2, 0.25) is 0 Å². The number of benzene rings is 2. The number of methoxy groups -OCH3 is 2. The highest BCUT2D eigenvalue weighted by molar-refractivity contribution is 5.95. The van der Waals surface area contributed by atoms with Crippen molar-refractivity contribution >= 4 is 17.6 Å². The molecule has 1 N–H and O–H groups in total. The van der Waals surface area contributed by atoms with Crippen molar-refractivity contribution in [1.29, 1.82) is 0 Å². The van der Waals surface area contributed by atoms with Gasteiger partial charge in [-0.05, 0) is 42.7 Å². The molecule has 0 bridgehead atoms. The van der Waals surface area contributed by atoms with Gasteiger partial charge in [0.2, 0.25) is 0 Å². The third kappa shape index (κ3) is 4.30. The van der Waals surface area contributed by atoms with E-state index < -0.39 is 17.3 Å². The molecule has 0 spiro atoms. The monoisotopic (exact) mass is 441 g/mol. The van der Waals surface area contributed by atoms with E-state index in [1.165, 1.54) is 7.11 Å². The number of esters is 1. The van der Waals surface area contributed by atoms with E-state index >= 15 is 0 Å². The van der Waals surface area contributed by atoms with Gasteiger partial charge in [-0.2, -0.15) is 0 Å². The summed E-state index contributed by atoms with van der Waals surface area (Å²) in [5, 5.41) is 2.72. The zero-order valence-corrected chi connectivity index (χ0v) is 18.3. The van der Waals surface area contributed by atoms with Gasteiger partial charge in [0.1, 0.15) is 24.7 Å². The van der Waals surface area contributed by atoms with Crippen molar-refractivity contribution in [2.24, 2.45) is 0 Å². The van der Waals surface area contributed by atoms with E-state index in [0.29, 0.717) is 54.7 Å². The van der Waals surface area contributed by atoms with Crippen LogP contribution >= 0.6 is 0 Å². The van der Waals surface area contributed by atoms with E-state index in [1.807, 2.05) is 18.2 Å². The highest BCUT2D eigenvalue weighted by Crippen LogP contribution is 2.45. The first-order valence-electron chi connectivity index (χ1n) is 10.6. The minimum absolute atomic E-state index is 0.389. The van der Waals surface area contributed by atoms with E-state index in [-0.39, 0.29) is 6.61 Å². The maximum absolute atomic E-state index is 13.2. The lowest BCUT2D eigenvalue weighted by atomic mass is 9.78. The number of anilines is 1. The predicted molar refractivity (Wildman–Crippen MR) is 117 cm³/mol. The normalized spacial score (nSPS) is 16.2. The van der Waals surface area contributed by atoms with Crippen LogP contribution in [-0.2, 0) is 19.7 Å². The molecule has 2 aromatic rings. The van der Waals surface area contributed by atoms with Crippen molar-refractivity contribution in [2.45, 2.75) is 31.1 Å². The summed E-state index contributed by atoms with van der Waals surface area (Å²) in [7, 11) is 3.05. The Kier molecular flexibility index (Phi) is 6.39. The summed E-state index contributed by atoms with van der Waals surface area (Å²) in [4.78, 5) is 25.7. The third-order valence-electron chi connectivity index (χ3n) is 5.96. The fraction of sp³-hybridized carbons (Fsp3) is 0.417. The topological polar surface area (TPSA) is 92.3 Å². The van der Waals surface area contributed by atoms with Gasteiger partial charge in [-0.1, -0.05) is 18.9 Å². The molecule has 1 saturated carbocycles. The van der Waals surface area contributed by atoms with E-state index in [9.17, 15) is 9.59 Å². The van der Waals surface area contributed by atoms with Crippen LogP contribution < -0.4 is 24.3 Å². The van der Waals surface area contributed by atoms with Crippen LogP contribution in [0, 0.1) is 0 Å². The standard InChI is InChI=1S/C24H27NO7/c1-28-17-6-7-18(20(14-17)29-2)25-22(26)15-32-23(27)24(9-3-4-10-24)16-5-8-19-21(13-16)31-12-11-30-19/h5-8,13-14H,3-4,9-12,15H2,1-2H3,(H,25,26). The zero-order valence-electron chi connectivity index (χ0n) is 18.3. The van der Waals surface area contributed by atoms with E-state index in [2.05, 4.69) is 5.32 Å². The average molecular weight is 441 g/mol. The van der Waals surface area contributed by atoms with Gasteiger partial charge >= 0.3 is 5.97 Å². The molecule has 0 atom stereocenters. The van der Waals surface area contributed by atoms with Crippen molar-refractivity contribution in [3.05, 3.63) is 42.0 Å². The Morgan fingerprint density at radius 3 is 2.44 bits per heavy atom. The molecule has 1 aliphatic carbocycles. The second kappa shape index (κ2) is 9.38. The van der Waals surface area contributed by atoms with Crippen LogP contribution in [0.5, 0.6) is 23.0 Å². The molecule has 1 aliphatic heterocycles. The molecule has 4 rings (SSSR count). The Morgan fingerprint density at radius 1 is 0.969 bits per heavy atom. The highest BCUT2D eigenvalue weighted by atomic mass is 16.6. The van der Waals surface area contributed by atoms with E-state index in [1.54, 1.807) is 25.3 Å². The maximum atomic E-state index is 13.2. The number of hydrogen-bond acceptors (Lipinski definition) is 7. The summed E-state index contributed by atoms with van der Waals surface area (Å²) in [5.41, 5.74) is 0.520. The number of fused-ring (bicyclic) bond motifs is 1. The molecule has 0 unspecified atom stereocenters. The van der Waals surface area contributed by atoms with Crippen LogP contribution in [0.3, 0.4) is 0 Å². The Bertz CT molecular complexity index is 998. The van der Waals surface area contributed by atoms with Crippen LogP contribution in [0.25, 0.3) is 0 Å². The molecule has 8 heteroatoms. The summed E-state index contributed by atoms with van der Waals surface area (Å²) in [5.74, 6) is 1.52. The quantitative estimate of drug-likeness (QED) is 0.658. The Morgan fingerprint density at radius 2 is 1.72 bits per heavy atom. The summed E-state index contributed by atoms with van der Waals surface area (Å²) < 4.78 is 27.2. The summed E-state index contributed by atoms with van der Waals surface area (Å²) >= 11 is 0. The van der Waals surface area contributed by atoms with Gasteiger partial charge in [-0.15, -0.1) is 0 Å². The summed E-state index contributed by atoms with van der Waals surface area (Å²) in [6, 6.07) is 10.6. The van der Waals surface area contributed by atoms with E-state index in [0.717, 1.165) is 18.4 Å². The lowest BCUT2D eigenvalue weighted by Crippen LogP contribution is -2.36. The smallest absolute Gasteiger partial charge is 0.317 e. The Balaban J connectivity index is 1.44. The Labute approximate surface area is 186 Å². The fourth-order valence-electron chi connectivity index (χ4n) is 4.29. The molecule has 32 heavy (non-hydrogen) atoms. The first-order chi connectivity index (χ1) is 15.6. The number of amides is 1. The number of ether oxygens (including phenoxy) is 5. The summed E-state index contributed by atoms with van der Waals surface area (Å²) in [6.45, 7) is 0.594. The molecule has 2 aromatic carbocycles. The molecular formula is C24H27NO7. The average Bonchev–Trinajstić information content (AvgIpc) is 3.34. The van der Waals surface area contributed by atoms with Crippen molar-refractivity contribution in [1.82, 2.24) is 0 Å².